The number of nitrogens with zero attached hydrogens (tertiary/aromatic N) is 2. The highest BCUT2D eigenvalue weighted by atomic mass is 35.5. The van der Waals surface area contributed by atoms with E-state index in [1.807, 2.05) is 44.2 Å². The summed E-state index contributed by atoms with van der Waals surface area (Å²) in [5, 5.41) is 2.92. The minimum Gasteiger partial charge on any atom is -0.354 e. The van der Waals surface area contributed by atoms with Gasteiger partial charge in [-0.05, 0) is 41.8 Å². The molecule has 11 heteroatoms. The van der Waals surface area contributed by atoms with Crippen molar-refractivity contribution in [3.8, 4) is 0 Å². The van der Waals surface area contributed by atoms with Crippen molar-refractivity contribution in [2.75, 3.05) is 17.4 Å². The van der Waals surface area contributed by atoms with Gasteiger partial charge in [0.15, 0.2) is 0 Å². The van der Waals surface area contributed by atoms with E-state index in [4.69, 9.17) is 23.2 Å². The Hall–Kier alpha value is -3.92. The predicted molar refractivity (Wildman–Crippen MR) is 176 cm³/mol. The van der Waals surface area contributed by atoms with E-state index in [-0.39, 0.29) is 45.1 Å². The fraction of sp³-hybridized carbons (Fsp3) is 0.235. The van der Waals surface area contributed by atoms with Crippen LogP contribution in [0.4, 0.5) is 10.1 Å². The SMILES string of the molecule is CC(C)CNC(=O)C(Cc1ccccc1)N(Cc1ccccc1F)C(=O)CN(c1cccc(Cl)c1Cl)S(=O)(=O)c1ccccc1. The lowest BCUT2D eigenvalue weighted by Gasteiger charge is -2.34. The minimum atomic E-state index is -4.36. The smallest absolute Gasteiger partial charge is 0.264 e. The number of carbonyl (C=O) groups excluding carboxylic acids is 2. The second-order valence-electron chi connectivity index (χ2n) is 10.9. The number of hydrogen-bond donors (Lipinski definition) is 1. The van der Waals surface area contributed by atoms with E-state index in [9.17, 15) is 18.0 Å². The lowest BCUT2D eigenvalue weighted by atomic mass is 10.0. The van der Waals surface area contributed by atoms with Gasteiger partial charge in [-0.1, -0.05) is 110 Å². The molecule has 0 saturated heterocycles. The highest BCUT2D eigenvalue weighted by Gasteiger charge is 2.35. The van der Waals surface area contributed by atoms with E-state index in [0.29, 0.717) is 6.54 Å². The predicted octanol–water partition coefficient (Wildman–Crippen LogP) is 6.74. The van der Waals surface area contributed by atoms with Gasteiger partial charge in [0.25, 0.3) is 10.0 Å². The van der Waals surface area contributed by atoms with Crippen LogP contribution >= 0.6 is 23.2 Å². The number of nitrogens with one attached hydrogen (secondary N) is 1. The van der Waals surface area contributed by atoms with Crippen LogP contribution in [-0.2, 0) is 32.6 Å². The summed E-state index contributed by atoms with van der Waals surface area (Å²) in [6.07, 6.45) is 0.105. The number of benzene rings is 4. The first-order valence-electron chi connectivity index (χ1n) is 14.3. The number of rotatable bonds is 13. The Kier molecular flexibility index (Phi) is 11.6. The summed E-state index contributed by atoms with van der Waals surface area (Å²) in [4.78, 5) is 29.4. The van der Waals surface area contributed by atoms with Crippen LogP contribution in [0.15, 0.2) is 108 Å². The van der Waals surface area contributed by atoms with Crippen molar-refractivity contribution < 1.29 is 22.4 Å². The third kappa shape index (κ3) is 8.63. The molecule has 0 saturated carbocycles. The van der Waals surface area contributed by atoms with Gasteiger partial charge in [-0.15, -0.1) is 0 Å². The van der Waals surface area contributed by atoms with Crippen molar-refractivity contribution in [2.24, 2.45) is 5.92 Å². The van der Waals surface area contributed by atoms with Gasteiger partial charge in [0.1, 0.15) is 18.4 Å². The van der Waals surface area contributed by atoms with Gasteiger partial charge in [-0.2, -0.15) is 0 Å². The van der Waals surface area contributed by atoms with Crippen molar-refractivity contribution in [3.63, 3.8) is 0 Å². The molecule has 7 nitrogen and oxygen atoms in total. The molecule has 4 aromatic carbocycles. The monoisotopic (exact) mass is 669 g/mol. The highest BCUT2D eigenvalue weighted by molar-refractivity contribution is 7.92. The molecular formula is C34H34Cl2FN3O4S. The van der Waals surface area contributed by atoms with E-state index in [1.54, 1.807) is 24.3 Å². The molecule has 0 bridgehead atoms. The van der Waals surface area contributed by atoms with E-state index >= 15 is 4.39 Å². The molecule has 0 aliphatic carbocycles. The molecule has 2 amide bonds. The average Bonchev–Trinajstić information content (AvgIpc) is 3.03. The number of carbonyl (C=O) groups is 2. The minimum absolute atomic E-state index is 0.0175. The summed E-state index contributed by atoms with van der Waals surface area (Å²) in [5.41, 5.74) is 0.912. The van der Waals surface area contributed by atoms with Crippen molar-refractivity contribution >= 4 is 50.7 Å². The van der Waals surface area contributed by atoms with Gasteiger partial charge >= 0.3 is 0 Å². The summed E-state index contributed by atoms with van der Waals surface area (Å²) in [7, 11) is -4.36. The van der Waals surface area contributed by atoms with E-state index < -0.39 is 40.2 Å². The molecule has 45 heavy (non-hydrogen) atoms. The van der Waals surface area contributed by atoms with Crippen molar-refractivity contribution in [2.45, 2.75) is 37.8 Å². The maximum atomic E-state index is 15.0. The van der Waals surface area contributed by atoms with Crippen LogP contribution < -0.4 is 9.62 Å². The second kappa shape index (κ2) is 15.4. The first-order valence-corrected chi connectivity index (χ1v) is 16.5. The average molecular weight is 671 g/mol. The molecule has 236 valence electrons. The molecule has 0 fully saturated rings. The molecular weight excluding hydrogens is 636 g/mol. The van der Waals surface area contributed by atoms with Crippen LogP contribution in [0.1, 0.15) is 25.0 Å². The van der Waals surface area contributed by atoms with Gasteiger partial charge < -0.3 is 10.2 Å². The summed E-state index contributed by atoms with van der Waals surface area (Å²) < 4.78 is 44.0. The molecule has 0 spiro atoms. The van der Waals surface area contributed by atoms with Crippen LogP contribution in [0.2, 0.25) is 10.0 Å². The molecule has 0 aliphatic rings. The molecule has 0 heterocycles. The van der Waals surface area contributed by atoms with Crippen LogP contribution in [0, 0.1) is 11.7 Å². The van der Waals surface area contributed by atoms with Crippen LogP contribution in [0.3, 0.4) is 0 Å². The lowest BCUT2D eigenvalue weighted by Crippen LogP contribution is -2.54. The Morgan fingerprint density at radius 2 is 1.47 bits per heavy atom. The number of amides is 2. The lowest BCUT2D eigenvalue weighted by molar-refractivity contribution is -0.140. The fourth-order valence-corrected chi connectivity index (χ4v) is 6.60. The van der Waals surface area contributed by atoms with Gasteiger partial charge in [-0.25, -0.2) is 12.8 Å². The van der Waals surface area contributed by atoms with Crippen LogP contribution in [-0.4, -0.2) is 44.3 Å². The number of halogens is 3. The van der Waals surface area contributed by atoms with E-state index in [2.05, 4.69) is 5.32 Å². The van der Waals surface area contributed by atoms with E-state index in [1.165, 1.54) is 53.4 Å². The first-order chi connectivity index (χ1) is 21.5. The van der Waals surface area contributed by atoms with Gasteiger partial charge in [0.2, 0.25) is 11.8 Å². The number of hydrogen-bond acceptors (Lipinski definition) is 4. The molecule has 1 atom stereocenters. The van der Waals surface area contributed by atoms with Gasteiger partial charge in [0.05, 0.1) is 20.6 Å². The standard InChI is InChI=1S/C34H34Cl2FN3O4S/c1-24(2)21-38-34(42)31(20-25-12-5-3-6-13-25)39(22-26-14-9-10-18-29(26)37)32(41)23-40(30-19-11-17-28(35)33(30)36)45(43,44)27-15-7-4-8-16-27/h3-19,24,31H,20-23H2,1-2H3,(H,38,42). The van der Waals surface area contributed by atoms with Crippen LogP contribution in [0.25, 0.3) is 0 Å². The summed E-state index contributed by atoms with van der Waals surface area (Å²) in [6.45, 7) is 3.19. The second-order valence-corrected chi connectivity index (χ2v) is 13.5. The molecule has 1 N–H and O–H groups in total. The highest BCUT2D eigenvalue weighted by Crippen LogP contribution is 2.35. The fourth-order valence-electron chi connectivity index (χ4n) is 4.70. The van der Waals surface area contributed by atoms with Crippen molar-refractivity contribution in [1.29, 1.82) is 0 Å². The van der Waals surface area contributed by atoms with Crippen molar-refractivity contribution in [3.05, 3.63) is 130 Å². The summed E-state index contributed by atoms with van der Waals surface area (Å²) in [5.74, 6) is -1.63. The third-order valence-corrected chi connectivity index (χ3v) is 9.65. The Balaban J connectivity index is 1.83. The zero-order valence-corrected chi connectivity index (χ0v) is 27.2. The zero-order valence-electron chi connectivity index (χ0n) is 24.9. The normalized spacial score (nSPS) is 12.0. The Morgan fingerprint density at radius 3 is 2.11 bits per heavy atom. The molecule has 0 radical (unpaired) electrons. The number of sulfonamides is 1. The topological polar surface area (TPSA) is 86.8 Å². The summed E-state index contributed by atoms with van der Waals surface area (Å²) in [6, 6.07) is 26.0. The maximum absolute atomic E-state index is 15.0. The molecule has 4 rings (SSSR count). The maximum Gasteiger partial charge on any atom is 0.264 e. The molecule has 0 aromatic heterocycles. The Labute approximate surface area is 273 Å². The molecule has 1 unspecified atom stereocenters. The largest absolute Gasteiger partial charge is 0.354 e. The Morgan fingerprint density at radius 1 is 0.844 bits per heavy atom. The first kappa shape index (κ1) is 34.0. The summed E-state index contributed by atoms with van der Waals surface area (Å²) >= 11 is 12.8. The quantitative estimate of drug-likeness (QED) is 0.171. The van der Waals surface area contributed by atoms with Crippen LogP contribution in [0.5, 0.6) is 0 Å². The van der Waals surface area contributed by atoms with Crippen molar-refractivity contribution in [1.82, 2.24) is 10.2 Å². The van der Waals surface area contributed by atoms with Gasteiger partial charge in [0, 0.05) is 25.1 Å². The molecule has 0 aliphatic heterocycles. The van der Waals surface area contributed by atoms with E-state index in [0.717, 1.165) is 9.87 Å². The Bertz CT molecular complexity index is 1720. The number of anilines is 1. The third-order valence-electron chi connectivity index (χ3n) is 7.06. The zero-order chi connectivity index (χ0) is 32.6. The van der Waals surface area contributed by atoms with Gasteiger partial charge in [-0.3, -0.25) is 13.9 Å². The molecule has 4 aromatic rings.